The van der Waals surface area contributed by atoms with Gasteiger partial charge in [-0.25, -0.2) is 4.39 Å². The SMILES string of the molecule is Fc1ccc(NCCn2cccn2)c(I)c1. The van der Waals surface area contributed by atoms with E-state index in [9.17, 15) is 4.39 Å². The second-order valence-corrected chi connectivity index (χ2v) is 4.48. The van der Waals surface area contributed by atoms with E-state index in [0.29, 0.717) is 0 Å². The fraction of sp³-hybridized carbons (Fsp3) is 0.182. The van der Waals surface area contributed by atoms with Gasteiger partial charge in [-0.2, -0.15) is 5.10 Å². The van der Waals surface area contributed by atoms with Gasteiger partial charge in [-0.1, -0.05) is 0 Å². The van der Waals surface area contributed by atoms with Crippen molar-refractivity contribution in [3.8, 4) is 0 Å². The molecule has 84 valence electrons. The van der Waals surface area contributed by atoms with Gasteiger partial charge in [0.25, 0.3) is 0 Å². The molecule has 0 saturated heterocycles. The van der Waals surface area contributed by atoms with E-state index in [1.54, 1.807) is 12.3 Å². The fourth-order valence-electron chi connectivity index (χ4n) is 1.37. The lowest BCUT2D eigenvalue weighted by Gasteiger charge is -2.08. The Morgan fingerprint density at radius 2 is 2.31 bits per heavy atom. The number of nitrogens with one attached hydrogen (secondary N) is 1. The number of hydrogen-bond acceptors (Lipinski definition) is 2. The van der Waals surface area contributed by atoms with Crippen molar-refractivity contribution in [1.29, 1.82) is 0 Å². The van der Waals surface area contributed by atoms with Crippen molar-refractivity contribution >= 4 is 28.3 Å². The van der Waals surface area contributed by atoms with E-state index in [2.05, 4.69) is 33.0 Å². The summed E-state index contributed by atoms with van der Waals surface area (Å²) in [4.78, 5) is 0. The predicted octanol–water partition coefficient (Wildman–Crippen LogP) is 2.74. The second kappa shape index (κ2) is 5.29. The van der Waals surface area contributed by atoms with Gasteiger partial charge in [0.2, 0.25) is 0 Å². The minimum absolute atomic E-state index is 0.206. The van der Waals surface area contributed by atoms with Crippen molar-refractivity contribution in [3.63, 3.8) is 0 Å². The molecule has 0 radical (unpaired) electrons. The molecular formula is C11H11FIN3. The Kier molecular flexibility index (Phi) is 3.76. The summed E-state index contributed by atoms with van der Waals surface area (Å²) in [5.41, 5.74) is 0.953. The number of nitrogens with zero attached hydrogens (tertiary/aromatic N) is 2. The van der Waals surface area contributed by atoms with E-state index in [1.165, 1.54) is 12.1 Å². The zero-order chi connectivity index (χ0) is 11.4. The fourth-order valence-corrected chi connectivity index (χ4v) is 2.04. The standard InChI is InChI=1S/C11H11FIN3/c12-9-2-3-11(10(13)8-9)14-5-7-16-6-1-4-15-16/h1-4,6,8,14H,5,7H2. The van der Waals surface area contributed by atoms with E-state index in [-0.39, 0.29) is 5.82 Å². The molecule has 3 nitrogen and oxygen atoms in total. The van der Waals surface area contributed by atoms with E-state index >= 15 is 0 Å². The smallest absolute Gasteiger partial charge is 0.124 e. The van der Waals surface area contributed by atoms with Crippen LogP contribution in [0.5, 0.6) is 0 Å². The normalized spacial score (nSPS) is 10.4. The molecule has 0 fully saturated rings. The average molecular weight is 331 g/mol. The van der Waals surface area contributed by atoms with E-state index in [0.717, 1.165) is 22.3 Å². The van der Waals surface area contributed by atoms with Crippen LogP contribution in [0.3, 0.4) is 0 Å². The molecule has 0 spiro atoms. The highest BCUT2D eigenvalue weighted by atomic mass is 127. The third-order valence-electron chi connectivity index (χ3n) is 2.15. The van der Waals surface area contributed by atoms with Gasteiger partial charge in [-0.3, -0.25) is 4.68 Å². The van der Waals surface area contributed by atoms with E-state index in [4.69, 9.17) is 0 Å². The minimum Gasteiger partial charge on any atom is -0.382 e. The highest BCUT2D eigenvalue weighted by Gasteiger charge is 2.00. The Bertz CT molecular complexity index is 456. The van der Waals surface area contributed by atoms with Crippen LogP contribution < -0.4 is 5.32 Å². The van der Waals surface area contributed by atoms with Crippen molar-refractivity contribution in [2.75, 3.05) is 11.9 Å². The van der Waals surface area contributed by atoms with Crippen LogP contribution in [0, 0.1) is 9.39 Å². The maximum Gasteiger partial charge on any atom is 0.124 e. The number of halogens is 2. The third kappa shape index (κ3) is 2.94. The first-order valence-electron chi connectivity index (χ1n) is 4.92. The Morgan fingerprint density at radius 3 is 3.00 bits per heavy atom. The molecule has 5 heteroatoms. The molecular weight excluding hydrogens is 320 g/mol. The lowest BCUT2D eigenvalue weighted by atomic mass is 10.3. The highest BCUT2D eigenvalue weighted by molar-refractivity contribution is 14.1. The van der Waals surface area contributed by atoms with Gasteiger partial charge < -0.3 is 5.32 Å². The molecule has 2 rings (SSSR count). The lowest BCUT2D eigenvalue weighted by Crippen LogP contribution is -2.11. The van der Waals surface area contributed by atoms with Crippen molar-refractivity contribution in [1.82, 2.24) is 9.78 Å². The molecule has 0 aliphatic carbocycles. The predicted molar refractivity (Wildman–Crippen MR) is 69.8 cm³/mol. The molecule has 1 aromatic carbocycles. The van der Waals surface area contributed by atoms with Crippen molar-refractivity contribution in [2.45, 2.75) is 6.54 Å². The number of benzene rings is 1. The highest BCUT2D eigenvalue weighted by Crippen LogP contribution is 2.18. The summed E-state index contributed by atoms with van der Waals surface area (Å²) < 4.78 is 15.6. The molecule has 0 saturated carbocycles. The van der Waals surface area contributed by atoms with Crippen molar-refractivity contribution in [2.24, 2.45) is 0 Å². The maximum atomic E-state index is 12.8. The van der Waals surface area contributed by atoms with Gasteiger partial charge in [-0.15, -0.1) is 0 Å². The molecule has 2 aromatic rings. The van der Waals surface area contributed by atoms with Crippen LogP contribution in [0.25, 0.3) is 0 Å². The van der Waals surface area contributed by atoms with Crippen molar-refractivity contribution < 1.29 is 4.39 Å². The monoisotopic (exact) mass is 331 g/mol. The van der Waals surface area contributed by atoms with Gasteiger partial charge in [0.15, 0.2) is 0 Å². The largest absolute Gasteiger partial charge is 0.382 e. The topological polar surface area (TPSA) is 29.9 Å². The first kappa shape index (κ1) is 11.4. The lowest BCUT2D eigenvalue weighted by molar-refractivity contribution is 0.625. The quantitative estimate of drug-likeness (QED) is 0.873. The summed E-state index contributed by atoms with van der Waals surface area (Å²) in [6.45, 7) is 1.56. The van der Waals surface area contributed by atoms with E-state index in [1.807, 2.05) is 16.9 Å². The summed E-state index contributed by atoms with van der Waals surface area (Å²) in [5.74, 6) is -0.206. The van der Waals surface area contributed by atoms with Crippen LogP contribution in [0.1, 0.15) is 0 Å². The van der Waals surface area contributed by atoms with Crippen LogP contribution in [0.2, 0.25) is 0 Å². The van der Waals surface area contributed by atoms with Gasteiger partial charge in [0.05, 0.1) is 6.54 Å². The van der Waals surface area contributed by atoms with Crippen molar-refractivity contribution in [3.05, 3.63) is 46.0 Å². The molecule has 0 bridgehead atoms. The summed E-state index contributed by atoms with van der Waals surface area (Å²) in [5, 5.41) is 7.34. The summed E-state index contributed by atoms with van der Waals surface area (Å²) >= 11 is 2.11. The number of anilines is 1. The zero-order valence-corrected chi connectivity index (χ0v) is 10.7. The van der Waals surface area contributed by atoms with Crippen LogP contribution in [0.4, 0.5) is 10.1 Å². The molecule has 0 unspecified atom stereocenters. The summed E-state index contributed by atoms with van der Waals surface area (Å²) in [7, 11) is 0. The van der Waals surface area contributed by atoms with Gasteiger partial charge >= 0.3 is 0 Å². The second-order valence-electron chi connectivity index (χ2n) is 3.32. The first-order valence-corrected chi connectivity index (χ1v) is 6.00. The number of rotatable bonds is 4. The number of aromatic nitrogens is 2. The summed E-state index contributed by atoms with van der Waals surface area (Å²) in [6, 6.07) is 6.61. The average Bonchev–Trinajstić information content (AvgIpc) is 2.74. The Hall–Kier alpha value is -1.11. The Labute approximate surface area is 107 Å². The molecule has 1 heterocycles. The Balaban J connectivity index is 1.90. The van der Waals surface area contributed by atoms with Gasteiger partial charge in [-0.05, 0) is 46.9 Å². The molecule has 1 N–H and O–H groups in total. The molecule has 0 aliphatic rings. The summed E-state index contributed by atoms with van der Waals surface area (Å²) in [6.07, 6.45) is 3.67. The van der Waals surface area contributed by atoms with Crippen LogP contribution in [-0.2, 0) is 6.54 Å². The minimum atomic E-state index is -0.206. The van der Waals surface area contributed by atoms with Gasteiger partial charge in [0, 0.05) is 28.2 Å². The van der Waals surface area contributed by atoms with Crippen LogP contribution in [0.15, 0.2) is 36.7 Å². The number of hydrogen-bond donors (Lipinski definition) is 1. The first-order chi connectivity index (χ1) is 7.75. The molecule has 0 amide bonds. The van der Waals surface area contributed by atoms with Crippen LogP contribution >= 0.6 is 22.6 Å². The molecule has 1 aromatic heterocycles. The van der Waals surface area contributed by atoms with Crippen LogP contribution in [-0.4, -0.2) is 16.3 Å². The Morgan fingerprint density at radius 1 is 1.44 bits per heavy atom. The molecule has 0 aliphatic heterocycles. The molecule has 16 heavy (non-hydrogen) atoms. The third-order valence-corrected chi connectivity index (χ3v) is 3.04. The zero-order valence-electron chi connectivity index (χ0n) is 8.53. The molecule has 0 atom stereocenters. The van der Waals surface area contributed by atoms with Gasteiger partial charge in [0.1, 0.15) is 5.82 Å². The van der Waals surface area contributed by atoms with E-state index < -0.39 is 0 Å². The maximum absolute atomic E-state index is 12.8.